The maximum Gasteiger partial charge on any atom is 0.303 e. The summed E-state index contributed by atoms with van der Waals surface area (Å²) < 4.78 is 25.5. The van der Waals surface area contributed by atoms with Crippen LogP contribution in [0.3, 0.4) is 0 Å². The topological polar surface area (TPSA) is 54.0 Å². The predicted octanol–water partition coefficient (Wildman–Crippen LogP) is 8.15. The van der Waals surface area contributed by atoms with Crippen molar-refractivity contribution in [3.8, 4) is 11.5 Å². The number of carbonyl (C=O) groups is 1. The Morgan fingerprint density at radius 2 is 1.66 bits per heavy atom. The highest BCUT2D eigenvalue weighted by Gasteiger charge is 2.62. The second kappa shape index (κ2) is 12.7. The van der Waals surface area contributed by atoms with Crippen LogP contribution in [0.4, 0.5) is 0 Å². The monoisotopic (exact) mass is 596 g/mol. The van der Waals surface area contributed by atoms with Crippen LogP contribution >= 0.6 is 0 Å². The maximum atomic E-state index is 12.5. The number of benzene rings is 1. The minimum absolute atomic E-state index is 0.0850. The SMILES string of the molecule is CC(=O)OC(C1=C(CCCCO[Si](C)(C)C(C)(C)C)C12OCC(C)(C)CO2)/C(C#C[Si](C)(C)C)=C/c1ccccc1. The van der Waals surface area contributed by atoms with Crippen molar-refractivity contribution >= 4 is 28.4 Å². The molecule has 1 aliphatic carbocycles. The zero-order valence-electron chi connectivity index (χ0n) is 27.3. The van der Waals surface area contributed by atoms with E-state index in [4.69, 9.17) is 18.6 Å². The van der Waals surface area contributed by atoms with Crippen molar-refractivity contribution in [1.82, 2.24) is 0 Å². The summed E-state index contributed by atoms with van der Waals surface area (Å²) in [7, 11) is -3.50. The standard InChI is InChI=1S/C34H52O5Si2/c1-26(35)39-31(28(20-22-40(7,8)9)23-27-17-13-12-14-18-27)30-29(34(30)36-24-33(5,6)25-37-34)19-15-16-21-38-41(10,11)32(2,3)4/h12-14,17-18,23,31H,15-16,19,21,24-25H2,1-11H3/b28-23+. The highest BCUT2D eigenvalue weighted by atomic mass is 28.4. The van der Waals surface area contributed by atoms with E-state index < -0.39 is 28.3 Å². The van der Waals surface area contributed by atoms with Crippen LogP contribution in [0, 0.1) is 16.9 Å². The van der Waals surface area contributed by atoms with E-state index in [0.29, 0.717) is 13.2 Å². The molecular weight excluding hydrogens is 545 g/mol. The van der Waals surface area contributed by atoms with Crippen LogP contribution in [0.15, 0.2) is 47.1 Å². The van der Waals surface area contributed by atoms with Gasteiger partial charge in [-0.2, -0.15) is 0 Å². The first-order valence-electron chi connectivity index (χ1n) is 15.0. The van der Waals surface area contributed by atoms with E-state index in [1.807, 2.05) is 36.4 Å². The fourth-order valence-electron chi connectivity index (χ4n) is 4.51. The van der Waals surface area contributed by atoms with Crippen LogP contribution in [0.25, 0.3) is 6.08 Å². The number of hydrogen-bond donors (Lipinski definition) is 0. The molecule has 0 N–H and O–H groups in total. The molecule has 41 heavy (non-hydrogen) atoms. The van der Waals surface area contributed by atoms with Crippen molar-refractivity contribution in [2.24, 2.45) is 5.41 Å². The zero-order chi connectivity index (χ0) is 30.7. The van der Waals surface area contributed by atoms with E-state index in [1.165, 1.54) is 6.92 Å². The molecular formula is C34H52O5Si2. The number of carbonyl (C=O) groups excluding carboxylic acids is 1. The average Bonchev–Trinajstić information content (AvgIpc) is 3.47. The summed E-state index contributed by atoms with van der Waals surface area (Å²) in [5, 5.41) is 0.190. The van der Waals surface area contributed by atoms with E-state index in [2.05, 4.69) is 78.8 Å². The first-order chi connectivity index (χ1) is 18.9. The zero-order valence-corrected chi connectivity index (χ0v) is 29.3. The molecule has 3 rings (SSSR count). The van der Waals surface area contributed by atoms with Crippen molar-refractivity contribution < 1.29 is 23.4 Å². The molecule has 5 nitrogen and oxygen atoms in total. The normalized spacial score (nSPS) is 19.4. The summed E-state index contributed by atoms with van der Waals surface area (Å²) in [5.41, 5.74) is 7.17. The van der Waals surface area contributed by atoms with Crippen LogP contribution < -0.4 is 0 Å². The molecule has 1 aliphatic heterocycles. The Kier molecular flexibility index (Phi) is 10.4. The number of esters is 1. The Balaban J connectivity index is 1.94. The van der Waals surface area contributed by atoms with Gasteiger partial charge in [-0.1, -0.05) is 90.5 Å². The van der Waals surface area contributed by atoms with Gasteiger partial charge < -0.3 is 18.6 Å². The molecule has 1 atom stereocenters. The molecule has 0 saturated carbocycles. The first-order valence-corrected chi connectivity index (χ1v) is 21.4. The largest absolute Gasteiger partial charge is 0.452 e. The molecule has 1 unspecified atom stereocenters. The van der Waals surface area contributed by atoms with E-state index in [-0.39, 0.29) is 16.4 Å². The van der Waals surface area contributed by atoms with Crippen molar-refractivity contribution in [3.63, 3.8) is 0 Å². The number of hydrogen-bond acceptors (Lipinski definition) is 5. The molecule has 0 amide bonds. The average molecular weight is 597 g/mol. The molecule has 0 aromatic heterocycles. The van der Waals surface area contributed by atoms with Gasteiger partial charge in [-0.05, 0) is 49.0 Å². The van der Waals surface area contributed by atoms with Gasteiger partial charge in [-0.3, -0.25) is 4.79 Å². The second-order valence-electron chi connectivity index (χ2n) is 14.8. The van der Waals surface area contributed by atoms with E-state index in [0.717, 1.165) is 48.2 Å². The third-order valence-corrected chi connectivity index (χ3v) is 13.4. The molecule has 2 aliphatic rings. The van der Waals surface area contributed by atoms with Gasteiger partial charge in [-0.25, -0.2) is 0 Å². The van der Waals surface area contributed by atoms with Gasteiger partial charge in [0.1, 0.15) is 8.07 Å². The number of rotatable bonds is 10. The summed E-state index contributed by atoms with van der Waals surface area (Å²) in [6.07, 6.45) is 4.07. The minimum atomic E-state index is -1.79. The van der Waals surface area contributed by atoms with Gasteiger partial charge in [0.25, 0.3) is 0 Å². The summed E-state index contributed by atoms with van der Waals surface area (Å²) in [6, 6.07) is 10.1. The third kappa shape index (κ3) is 9.02. The smallest absolute Gasteiger partial charge is 0.303 e. The van der Waals surface area contributed by atoms with E-state index in [1.54, 1.807) is 0 Å². The molecule has 0 radical (unpaired) electrons. The lowest BCUT2D eigenvalue weighted by Gasteiger charge is -2.37. The lowest BCUT2D eigenvalue weighted by molar-refractivity contribution is -0.237. The van der Waals surface area contributed by atoms with Gasteiger partial charge in [0.15, 0.2) is 14.4 Å². The minimum Gasteiger partial charge on any atom is -0.452 e. The lowest BCUT2D eigenvalue weighted by Crippen LogP contribution is -2.43. The lowest BCUT2D eigenvalue weighted by atomic mass is 9.95. The maximum absolute atomic E-state index is 12.5. The van der Waals surface area contributed by atoms with Gasteiger partial charge in [0.2, 0.25) is 5.79 Å². The Morgan fingerprint density at radius 1 is 1.05 bits per heavy atom. The van der Waals surface area contributed by atoms with Gasteiger partial charge in [0.05, 0.1) is 13.2 Å². The molecule has 1 heterocycles. The highest BCUT2D eigenvalue weighted by Crippen LogP contribution is 2.57. The highest BCUT2D eigenvalue weighted by molar-refractivity contribution is 6.83. The Hall–Kier alpha value is -1.96. The molecule has 1 aromatic carbocycles. The second-order valence-corrected chi connectivity index (χ2v) is 24.4. The summed E-state index contributed by atoms with van der Waals surface area (Å²) in [5.74, 6) is 2.16. The van der Waals surface area contributed by atoms with Gasteiger partial charge in [0, 0.05) is 35.7 Å². The molecule has 0 bridgehead atoms. The van der Waals surface area contributed by atoms with Gasteiger partial charge in [-0.15, -0.1) is 5.54 Å². The summed E-state index contributed by atoms with van der Waals surface area (Å²) >= 11 is 0. The van der Waals surface area contributed by atoms with Crippen LogP contribution in [-0.2, 0) is 23.4 Å². The van der Waals surface area contributed by atoms with Crippen molar-refractivity contribution in [2.45, 2.75) is 110 Å². The molecule has 226 valence electrons. The number of ether oxygens (including phenoxy) is 3. The summed E-state index contributed by atoms with van der Waals surface area (Å²) in [6.45, 7) is 25.7. The fourth-order valence-corrected chi connectivity index (χ4v) is 6.11. The first kappa shape index (κ1) is 33.5. The van der Waals surface area contributed by atoms with Crippen molar-refractivity contribution in [1.29, 1.82) is 0 Å². The fraction of sp³-hybridized carbons (Fsp3) is 0.618. The molecule has 1 aromatic rings. The summed E-state index contributed by atoms with van der Waals surface area (Å²) in [4.78, 5) is 12.5. The molecule has 1 fully saturated rings. The molecule has 1 spiro atoms. The number of unbranched alkanes of at least 4 members (excludes halogenated alkanes) is 1. The Bertz CT molecular complexity index is 1190. The van der Waals surface area contributed by atoms with Crippen LogP contribution in [0.2, 0.25) is 37.8 Å². The Labute approximate surface area is 251 Å². The van der Waals surface area contributed by atoms with Gasteiger partial charge >= 0.3 is 5.97 Å². The molecule has 1 saturated heterocycles. The quantitative estimate of drug-likeness (QED) is 0.0897. The van der Waals surface area contributed by atoms with Crippen LogP contribution in [0.5, 0.6) is 0 Å². The van der Waals surface area contributed by atoms with Crippen molar-refractivity contribution in [2.75, 3.05) is 19.8 Å². The van der Waals surface area contributed by atoms with Crippen LogP contribution in [-0.4, -0.2) is 54.1 Å². The van der Waals surface area contributed by atoms with E-state index in [9.17, 15) is 4.79 Å². The van der Waals surface area contributed by atoms with Crippen molar-refractivity contribution in [3.05, 3.63) is 52.6 Å². The Morgan fingerprint density at radius 3 is 2.20 bits per heavy atom. The molecule has 7 heteroatoms. The predicted molar refractivity (Wildman–Crippen MR) is 174 cm³/mol. The van der Waals surface area contributed by atoms with Crippen LogP contribution in [0.1, 0.15) is 66.4 Å². The van der Waals surface area contributed by atoms with E-state index >= 15 is 0 Å². The third-order valence-electron chi connectivity index (χ3n) is 7.97.